The van der Waals surface area contributed by atoms with Crippen LogP contribution >= 0.6 is 0 Å². The zero-order chi connectivity index (χ0) is 11.5. The SMILES string of the molecule is CC(O)(CO)CNC(=O)C1CCC(=O)N1. The summed E-state index contributed by atoms with van der Waals surface area (Å²) in [6, 6.07) is -0.507. The van der Waals surface area contributed by atoms with Gasteiger partial charge in [0.25, 0.3) is 0 Å². The van der Waals surface area contributed by atoms with Crippen molar-refractivity contribution in [3.63, 3.8) is 0 Å². The first-order chi connectivity index (χ1) is 6.94. The van der Waals surface area contributed by atoms with E-state index in [1.165, 1.54) is 6.92 Å². The summed E-state index contributed by atoms with van der Waals surface area (Å²) < 4.78 is 0. The summed E-state index contributed by atoms with van der Waals surface area (Å²) in [7, 11) is 0. The molecular formula is C9H16N2O4. The number of rotatable bonds is 4. The van der Waals surface area contributed by atoms with Crippen molar-refractivity contribution in [3.8, 4) is 0 Å². The van der Waals surface area contributed by atoms with Crippen LogP contribution in [-0.4, -0.2) is 46.8 Å². The molecule has 2 amide bonds. The molecular weight excluding hydrogens is 200 g/mol. The largest absolute Gasteiger partial charge is 0.393 e. The lowest BCUT2D eigenvalue weighted by Crippen LogP contribution is -2.48. The Hall–Kier alpha value is -1.14. The Balaban J connectivity index is 2.33. The summed E-state index contributed by atoms with van der Waals surface area (Å²) in [4.78, 5) is 22.3. The van der Waals surface area contributed by atoms with Crippen LogP contribution in [0.4, 0.5) is 0 Å². The van der Waals surface area contributed by atoms with Crippen LogP contribution in [0.2, 0.25) is 0 Å². The molecule has 6 nitrogen and oxygen atoms in total. The van der Waals surface area contributed by atoms with Gasteiger partial charge in [0.05, 0.1) is 6.61 Å². The molecule has 2 unspecified atom stereocenters. The van der Waals surface area contributed by atoms with E-state index in [1.807, 2.05) is 0 Å². The van der Waals surface area contributed by atoms with E-state index in [0.717, 1.165) is 0 Å². The fourth-order valence-electron chi connectivity index (χ4n) is 1.27. The third-order valence-corrected chi connectivity index (χ3v) is 2.30. The number of aliphatic hydroxyl groups is 2. The predicted molar refractivity (Wildman–Crippen MR) is 51.9 cm³/mol. The highest BCUT2D eigenvalue weighted by Gasteiger charge is 2.28. The Bertz CT molecular complexity index is 265. The van der Waals surface area contributed by atoms with Crippen LogP contribution in [0.3, 0.4) is 0 Å². The number of carbonyl (C=O) groups is 2. The standard InChI is InChI=1S/C9H16N2O4/c1-9(15,5-12)4-10-8(14)6-2-3-7(13)11-6/h6,12,15H,2-5H2,1H3,(H,10,14)(H,11,13). The minimum absolute atomic E-state index is 0.0330. The van der Waals surface area contributed by atoms with Gasteiger partial charge in [-0.05, 0) is 13.3 Å². The minimum atomic E-state index is -1.32. The molecule has 1 aliphatic heterocycles. The smallest absolute Gasteiger partial charge is 0.242 e. The Morgan fingerprint density at radius 3 is 2.87 bits per heavy atom. The summed E-state index contributed by atoms with van der Waals surface area (Å²) in [6.07, 6.45) is 0.834. The Morgan fingerprint density at radius 2 is 2.40 bits per heavy atom. The molecule has 15 heavy (non-hydrogen) atoms. The molecule has 0 radical (unpaired) electrons. The molecule has 0 saturated carbocycles. The highest BCUT2D eigenvalue weighted by molar-refractivity contribution is 5.90. The molecule has 86 valence electrons. The summed E-state index contributed by atoms with van der Waals surface area (Å²) in [6.45, 7) is 0.958. The van der Waals surface area contributed by atoms with E-state index in [2.05, 4.69) is 10.6 Å². The molecule has 1 rings (SSSR count). The van der Waals surface area contributed by atoms with Crippen molar-refractivity contribution in [1.29, 1.82) is 0 Å². The molecule has 0 aromatic heterocycles. The van der Waals surface area contributed by atoms with E-state index in [1.54, 1.807) is 0 Å². The van der Waals surface area contributed by atoms with Gasteiger partial charge in [0.15, 0.2) is 0 Å². The van der Waals surface area contributed by atoms with E-state index in [-0.39, 0.29) is 18.4 Å². The van der Waals surface area contributed by atoms with E-state index < -0.39 is 18.2 Å². The highest BCUT2D eigenvalue weighted by Crippen LogP contribution is 2.07. The average molecular weight is 216 g/mol. The average Bonchev–Trinajstić information content (AvgIpc) is 2.61. The number of amides is 2. The Labute approximate surface area is 87.7 Å². The topological polar surface area (TPSA) is 98.7 Å². The first-order valence-electron chi connectivity index (χ1n) is 4.85. The van der Waals surface area contributed by atoms with Crippen LogP contribution in [0.1, 0.15) is 19.8 Å². The summed E-state index contributed by atoms with van der Waals surface area (Å²) in [5, 5.41) is 23.1. The third-order valence-electron chi connectivity index (χ3n) is 2.30. The van der Waals surface area contributed by atoms with Crippen molar-refractivity contribution in [1.82, 2.24) is 10.6 Å². The van der Waals surface area contributed by atoms with Gasteiger partial charge in [0.2, 0.25) is 11.8 Å². The molecule has 0 spiro atoms. The zero-order valence-electron chi connectivity index (χ0n) is 8.62. The van der Waals surface area contributed by atoms with Gasteiger partial charge < -0.3 is 20.8 Å². The molecule has 0 aliphatic carbocycles. The van der Waals surface area contributed by atoms with Crippen LogP contribution in [0.5, 0.6) is 0 Å². The third kappa shape index (κ3) is 3.49. The van der Waals surface area contributed by atoms with Gasteiger partial charge in [0.1, 0.15) is 11.6 Å². The normalized spacial score (nSPS) is 24.5. The van der Waals surface area contributed by atoms with Gasteiger partial charge >= 0.3 is 0 Å². The fourth-order valence-corrected chi connectivity index (χ4v) is 1.27. The maximum Gasteiger partial charge on any atom is 0.242 e. The van der Waals surface area contributed by atoms with Crippen molar-refractivity contribution in [2.75, 3.05) is 13.2 Å². The molecule has 0 bridgehead atoms. The lowest BCUT2D eigenvalue weighted by atomic mass is 10.1. The molecule has 0 aromatic carbocycles. The van der Waals surface area contributed by atoms with Gasteiger partial charge in [-0.3, -0.25) is 9.59 Å². The number of carbonyl (C=O) groups excluding carboxylic acids is 2. The van der Waals surface area contributed by atoms with Crippen molar-refractivity contribution < 1.29 is 19.8 Å². The summed E-state index contributed by atoms with van der Waals surface area (Å²) >= 11 is 0. The fraction of sp³-hybridized carbons (Fsp3) is 0.778. The highest BCUT2D eigenvalue weighted by atomic mass is 16.3. The zero-order valence-corrected chi connectivity index (χ0v) is 8.62. The lowest BCUT2D eigenvalue weighted by molar-refractivity contribution is -0.126. The monoisotopic (exact) mass is 216 g/mol. The second kappa shape index (κ2) is 4.59. The molecule has 4 N–H and O–H groups in total. The summed E-state index contributed by atoms with van der Waals surface area (Å²) in [5.74, 6) is -0.460. The molecule has 1 aliphatic rings. The van der Waals surface area contributed by atoms with Gasteiger partial charge in [-0.15, -0.1) is 0 Å². The second-order valence-electron chi connectivity index (χ2n) is 4.03. The number of aliphatic hydroxyl groups excluding tert-OH is 1. The molecule has 1 heterocycles. The first-order valence-corrected chi connectivity index (χ1v) is 4.85. The van der Waals surface area contributed by atoms with Crippen LogP contribution in [-0.2, 0) is 9.59 Å². The van der Waals surface area contributed by atoms with Crippen LogP contribution in [0.15, 0.2) is 0 Å². The molecule has 1 saturated heterocycles. The van der Waals surface area contributed by atoms with E-state index in [9.17, 15) is 14.7 Å². The van der Waals surface area contributed by atoms with Gasteiger partial charge in [-0.25, -0.2) is 0 Å². The Kier molecular flexibility index (Phi) is 3.65. The quantitative estimate of drug-likeness (QED) is 0.442. The number of hydrogen-bond acceptors (Lipinski definition) is 4. The van der Waals surface area contributed by atoms with Crippen LogP contribution in [0, 0.1) is 0 Å². The second-order valence-corrected chi connectivity index (χ2v) is 4.03. The summed E-state index contributed by atoms with van der Waals surface area (Å²) in [5.41, 5.74) is -1.32. The van der Waals surface area contributed by atoms with Gasteiger partial charge in [-0.1, -0.05) is 0 Å². The van der Waals surface area contributed by atoms with Crippen molar-refractivity contribution >= 4 is 11.8 Å². The Morgan fingerprint density at radius 1 is 1.73 bits per heavy atom. The molecule has 1 fully saturated rings. The van der Waals surface area contributed by atoms with Crippen LogP contribution < -0.4 is 10.6 Å². The van der Waals surface area contributed by atoms with E-state index >= 15 is 0 Å². The molecule has 6 heteroatoms. The van der Waals surface area contributed by atoms with Crippen LogP contribution in [0.25, 0.3) is 0 Å². The predicted octanol–water partition coefficient (Wildman–Crippen LogP) is -1.88. The van der Waals surface area contributed by atoms with Crippen molar-refractivity contribution in [2.45, 2.75) is 31.4 Å². The van der Waals surface area contributed by atoms with Crippen molar-refractivity contribution in [2.24, 2.45) is 0 Å². The van der Waals surface area contributed by atoms with E-state index in [4.69, 9.17) is 5.11 Å². The minimum Gasteiger partial charge on any atom is -0.393 e. The lowest BCUT2D eigenvalue weighted by Gasteiger charge is -2.21. The molecule has 2 atom stereocenters. The number of nitrogens with one attached hydrogen (secondary N) is 2. The number of hydrogen-bond donors (Lipinski definition) is 4. The maximum absolute atomic E-state index is 11.4. The van der Waals surface area contributed by atoms with Gasteiger partial charge in [-0.2, -0.15) is 0 Å². The maximum atomic E-state index is 11.4. The first kappa shape index (κ1) is 11.9. The van der Waals surface area contributed by atoms with Crippen molar-refractivity contribution in [3.05, 3.63) is 0 Å². The molecule has 0 aromatic rings. The van der Waals surface area contributed by atoms with E-state index in [0.29, 0.717) is 12.8 Å². The van der Waals surface area contributed by atoms with Gasteiger partial charge in [0, 0.05) is 13.0 Å².